The third-order valence-electron chi connectivity index (χ3n) is 3.23. The number of benzene rings is 1. The summed E-state index contributed by atoms with van der Waals surface area (Å²) in [6, 6.07) is 7.41. The van der Waals surface area contributed by atoms with Crippen molar-refractivity contribution in [3.8, 4) is 0 Å². The molecular formula is C16H26N2O. The summed E-state index contributed by atoms with van der Waals surface area (Å²) < 4.78 is 0. The van der Waals surface area contributed by atoms with Crippen LogP contribution < -0.4 is 11.1 Å². The van der Waals surface area contributed by atoms with Gasteiger partial charge in [-0.15, -0.1) is 0 Å². The molecule has 0 radical (unpaired) electrons. The van der Waals surface area contributed by atoms with E-state index in [1.807, 2.05) is 45.0 Å². The molecule has 0 saturated heterocycles. The first-order chi connectivity index (χ1) is 8.51. The van der Waals surface area contributed by atoms with Crippen molar-refractivity contribution in [3.05, 3.63) is 29.8 Å². The van der Waals surface area contributed by atoms with Gasteiger partial charge in [-0.2, -0.15) is 0 Å². The molecule has 0 aliphatic carbocycles. The van der Waals surface area contributed by atoms with Crippen molar-refractivity contribution in [3.63, 3.8) is 0 Å². The first-order valence-corrected chi connectivity index (χ1v) is 6.69. The maximum absolute atomic E-state index is 12.0. The number of nitrogens with two attached hydrogens (primary N) is 1. The minimum atomic E-state index is -0.519. The van der Waals surface area contributed by atoms with Crippen molar-refractivity contribution in [2.75, 3.05) is 5.32 Å². The largest absolute Gasteiger partial charge is 0.325 e. The number of hydrogen-bond acceptors (Lipinski definition) is 2. The summed E-state index contributed by atoms with van der Waals surface area (Å²) in [5, 5.41) is 2.86. The summed E-state index contributed by atoms with van der Waals surface area (Å²) in [7, 11) is 0. The Labute approximate surface area is 116 Å². The number of nitrogens with one attached hydrogen (secondary N) is 1. The summed E-state index contributed by atoms with van der Waals surface area (Å²) in [6.07, 6.45) is 0. The Bertz CT molecular complexity index is 435. The average Bonchev–Trinajstić information content (AvgIpc) is 2.26. The van der Waals surface area contributed by atoms with Crippen LogP contribution in [0.25, 0.3) is 0 Å². The van der Waals surface area contributed by atoms with Gasteiger partial charge in [0, 0.05) is 5.69 Å². The highest BCUT2D eigenvalue weighted by molar-refractivity contribution is 5.95. The van der Waals surface area contributed by atoms with Crippen LogP contribution in [0.4, 0.5) is 5.69 Å². The summed E-state index contributed by atoms with van der Waals surface area (Å²) in [4.78, 5) is 12.0. The third-order valence-corrected chi connectivity index (χ3v) is 3.23. The minimum absolute atomic E-state index is 0.115. The summed E-state index contributed by atoms with van der Waals surface area (Å²) in [5.41, 5.74) is 7.83. The van der Waals surface area contributed by atoms with Gasteiger partial charge in [0.2, 0.25) is 5.91 Å². The highest BCUT2D eigenvalue weighted by Crippen LogP contribution is 2.24. The molecule has 106 valence electrons. The lowest BCUT2D eigenvalue weighted by molar-refractivity contribution is -0.119. The zero-order valence-corrected chi connectivity index (χ0v) is 12.9. The van der Waals surface area contributed by atoms with Gasteiger partial charge in [-0.05, 0) is 28.5 Å². The predicted molar refractivity (Wildman–Crippen MR) is 81.2 cm³/mol. The molecule has 19 heavy (non-hydrogen) atoms. The van der Waals surface area contributed by atoms with Crippen LogP contribution in [0.1, 0.15) is 47.1 Å². The highest BCUT2D eigenvalue weighted by atomic mass is 16.2. The van der Waals surface area contributed by atoms with E-state index in [1.165, 1.54) is 5.56 Å². The zero-order chi connectivity index (χ0) is 14.8. The van der Waals surface area contributed by atoms with Crippen LogP contribution >= 0.6 is 0 Å². The van der Waals surface area contributed by atoms with Gasteiger partial charge < -0.3 is 11.1 Å². The van der Waals surface area contributed by atoms with E-state index >= 15 is 0 Å². The Morgan fingerprint density at radius 3 is 1.89 bits per heavy atom. The van der Waals surface area contributed by atoms with Crippen LogP contribution in [0, 0.1) is 5.41 Å². The maximum atomic E-state index is 12.0. The lowest BCUT2D eigenvalue weighted by Gasteiger charge is -2.26. The fourth-order valence-electron chi connectivity index (χ4n) is 1.67. The van der Waals surface area contributed by atoms with Crippen molar-refractivity contribution < 1.29 is 4.79 Å². The standard InChI is InChI=1S/C16H26N2O/c1-15(2,3)11-7-9-12(10-8-11)18-14(19)13(17)16(4,5)6/h7-10,13H,17H2,1-6H3,(H,18,19)/t13-/m1/s1. The lowest BCUT2D eigenvalue weighted by Crippen LogP contribution is -2.45. The van der Waals surface area contributed by atoms with Gasteiger partial charge in [0.05, 0.1) is 6.04 Å². The molecule has 0 spiro atoms. The number of rotatable bonds is 2. The van der Waals surface area contributed by atoms with Gasteiger partial charge in [0.25, 0.3) is 0 Å². The number of amides is 1. The highest BCUT2D eigenvalue weighted by Gasteiger charge is 2.27. The van der Waals surface area contributed by atoms with Crippen molar-refractivity contribution in [2.24, 2.45) is 11.1 Å². The van der Waals surface area contributed by atoms with Crippen LogP contribution in [-0.4, -0.2) is 11.9 Å². The molecule has 0 aromatic heterocycles. The molecule has 1 atom stereocenters. The van der Waals surface area contributed by atoms with Crippen LogP contribution in [0.3, 0.4) is 0 Å². The smallest absolute Gasteiger partial charge is 0.241 e. The van der Waals surface area contributed by atoms with Gasteiger partial charge in [0.15, 0.2) is 0 Å². The maximum Gasteiger partial charge on any atom is 0.241 e. The third kappa shape index (κ3) is 4.35. The topological polar surface area (TPSA) is 55.1 Å². The van der Waals surface area contributed by atoms with Gasteiger partial charge in [-0.25, -0.2) is 0 Å². The second-order valence-electron chi connectivity index (χ2n) is 7.16. The van der Waals surface area contributed by atoms with Crippen molar-refractivity contribution in [1.82, 2.24) is 0 Å². The normalized spacial score (nSPS) is 14.1. The quantitative estimate of drug-likeness (QED) is 0.859. The summed E-state index contributed by atoms with van der Waals surface area (Å²) >= 11 is 0. The molecule has 3 heteroatoms. The molecule has 0 unspecified atom stereocenters. The summed E-state index contributed by atoms with van der Waals surface area (Å²) in [6.45, 7) is 12.4. The van der Waals surface area contributed by atoms with Gasteiger partial charge in [-0.3, -0.25) is 4.79 Å². The SMILES string of the molecule is CC(C)(C)c1ccc(NC(=O)[C@@H](N)C(C)(C)C)cc1. The molecule has 0 bridgehead atoms. The molecule has 0 heterocycles. The molecule has 0 saturated carbocycles. The van der Waals surface area contributed by atoms with E-state index in [9.17, 15) is 4.79 Å². The van der Waals surface area contributed by atoms with Gasteiger partial charge in [-0.1, -0.05) is 53.7 Å². The van der Waals surface area contributed by atoms with Crippen LogP contribution in [0.5, 0.6) is 0 Å². The fourth-order valence-corrected chi connectivity index (χ4v) is 1.67. The van der Waals surface area contributed by atoms with Crippen LogP contribution in [0.15, 0.2) is 24.3 Å². The fraction of sp³-hybridized carbons (Fsp3) is 0.562. The van der Waals surface area contributed by atoms with E-state index in [1.54, 1.807) is 0 Å². The molecule has 0 aliphatic heterocycles. The monoisotopic (exact) mass is 262 g/mol. The molecule has 1 amide bonds. The first kappa shape index (κ1) is 15.7. The molecule has 3 nitrogen and oxygen atoms in total. The molecular weight excluding hydrogens is 236 g/mol. The number of carbonyl (C=O) groups excluding carboxylic acids is 1. The molecule has 0 aliphatic rings. The Morgan fingerprint density at radius 1 is 1.05 bits per heavy atom. The van der Waals surface area contributed by atoms with Crippen LogP contribution in [0.2, 0.25) is 0 Å². The Morgan fingerprint density at radius 2 is 1.53 bits per heavy atom. The van der Waals surface area contributed by atoms with E-state index in [0.29, 0.717) is 0 Å². The van der Waals surface area contributed by atoms with E-state index in [2.05, 4.69) is 26.1 Å². The Hall–Kier alpha value is -1.35. The van der Waals surface area contributed by atoms with Gasteiger partial charge in [0.1, 0.15) is 0 Å². The number of anilines is 1. The Balaban J connectivity index is 2.77. The van der Waals surface area contributed by atoms with Crippen molar-refractivity contribution >= 4 is 11.6 Å². The average molecular weight is 262 g/mol. The molecule has 1 rings (SSSR count). The minimum Gasteiger partial charge on any atom is -0.325 e. The van der Waals surface area contributed by atoms with E-state index in [0.717, 1.165) is 5.69 Å². The van der Waals surface area contributed by atoms with Crippen molar-refractivity contribution in [1.29, 1.82) is 0 Å². The van der Waals surface area contributed by atoms with E-state index < -0.39 is 6.04 Å². The van der Waals surface area contributed by atoms with Crippen molar-refractivity contribution in [2.45, 2.75) is 53.0 Å². The van der Waals surface area contributed by atoms with E-state index in [-0.39, 0.29) is 16.7 Å². The summed E-state index contributed by atoms with van der Waals surface area (Å²) in [5.74, 6) is -0.143. The first-order valence-electron chi connectivity index (χ1n) is 6.69. The predicted octanol–water partition coefficient (Wildman–Crippen LogP) is 3.30. The lowest BCUT2D eigenvalue weighted by atomic mass is 9.86. The number of carbonyl (C=O) groups is 1. The second-order valence-corrected chi connectivity index (χ2v) is 7.16. The van der Waals surface area contributed by atoms with Gasteiger partial charge >= 0.3 is 0 Å². The number of hydrogen-bond donors (Lipinski definition) is 2. The zero-order valence-electron chi connectivity index (χ0n) is 12.9. The second kappa shape index (κ2) is 5.33. The molecule has 1 aromatic rings. The molecule has 0 fully saturated rings. The van der Waals surface area contributed by atoms with Crippen LogP contribution in [-0.2, 0) is 10.2 Å². The Kier molecular flexibility index (Phi) is 4.41. The molecule has 1 aromatic carbocycles. The molecule has 3 N–H and O–H groups in total. The van der Waals surface area contributed by atoms with E-state index in [4.69, 9.17) is 5.73 Å².